The van der Waals surface area contributed by atoms with Crippen LogP contribution in [-0.4, -0.2) is 192 Å². The average molecular weight is 1460 g/mol. The Kier molecular flexibility index (Phi) is 28.6. The van der Waals surface area contributed by atoms with Gasteiger partial charge in [0.15, 0.2) is 35.5 Å². The maximum Gasteiger partial charge on any atom is 0.416 e. The van der Waals surface area contributed by atoms with Gasteiger partial charge < -0.3 is 75.4 Å². The number of likely N-dealkylation sites (tertiary alicyclic amines) is 1. The lowest BCUT2D eigenvalue weighted by atomic mass is 9.90. The number of unbranched alkanes of at least 4 members (excludes halogenated alkanes) is 4. The average Bonchev–Trinajstić information content (AvgIpc) is 1.59. The van der Waals surface area contributed by atoms with Gasteiger partial charge in [-0.3, -0.25) is 38.5 Å². The summed E-state index contributed by atoms with van der Waals surface area (Å²) >= 11 is 0. The Morgan fingerprint density at radius 3 is 1.76 bits per heavy atom. The fourth-order valence-corrected chi connectivity index (χ4v) is 14.7. The number of primary amides is 1. The number of nitrogens with one attached hydrogen (secondary N) is 4. The van der Waals surface area contributed by atoms with Gasteiger partial charge >= 0.3 is 18.2 Å². The molecule has 8 atom stereocenters. The molecule has 3 aromatic rings. The van der Waals surface area contributed by atoms with Gasteiger partial charge in [0.05, 0.1) is 62.0 Å². The van der Waals surface area contributed by atoms with E-state index in [1.54, 1.807) is 59.7 Å². The second kappa shape index (κ2) is 36.9. The first kappa shape index (κ1) is 79.0. The number of anilines is 3. The predicted molar refractivity (Wildman–Crippen MR) is 385 cm³/mol. The van der Waals surface area contributed by atoms with Gasteiger partial charge in [-0.1, -0.05) is 112 Å². The molecular formula is C72H98N10O18S2. The summed E-state index contributed by atoms with van der Waals surface area (Å²) in [5.74, 6) is -2.06. The molecule has 0 aliphatic carbocycles. The Bertz CT molecular complexity index is 3580. The quantitative estimate of drug-likeness (QED) is 0.0126. The van der Waals surface area contributed by atoms with Crippen LogP contribution in [0.1, 0.15) is 151 Å². The van der Waals surface area contributed by atoms with E-state index in [0.29, 0.717) is 72.8 Å². The van der Waals surface area contributed by atoms with E-state index < -0.39 is 78.5 Å². The topological polar surface area (TPSA) is 357 Å². The highest BCUT2D eigenvalue weighted by atomic mass is 33.1. The van der Waals surface area contributed by atoms with Crippen LogP contribution >= 0.6 is 21.6 Å². The van der Waals surface area contributed by atoms with Gasteiger partial charge in [0.25, 0.3) is 11.8 Å². The standard InChI is InChI=1S/C72H98N10O18S2/c1-11-45(8)48-35-61(84)78(65(48)87)26-15-12-14-20-60(83)77-62(41(2)3)64(86)76-51(19-18-25-74-70(73)92)63(85)75-47-23-21-46(22-24-47)40-100-72(94)82-53-37-59(57(96-10)34-50(53)67(89)80-39-44(7)32-55(80)69(82)91)98-28-17-13-16-27-97-58-36-52-49(33-56(58)95-9)66(88)79-38-43(6)31-54(79)68(90)81(52)71(93)99-29-30-101-102-42(4)5/h21-24,33-34,36-37,41-42,45,48,51,54-55,62,68-69,90-91H,6-7,11-20,25-32,35,38-40H2,1-5,8-10H3,(H,75,85)(H,76,86)(H,77,83)(H3,73,74,92)/t45?,48?,51-,54-,55-,62-,68?,69?/m0/s1. The summed E-state index contributed by atoms with van der Waals surface area (Å²) in [6.45, 7) is 20.5. The molecule has 8 N–H and O–H groups in total. The first-order valence-corrected chi connectivity index (χ1v) is 37.2. The zero-order valence-corrected chi connectivity index (χ0v) is 61.1. The summed E-state index contributed by atoms with van der Waals surface area (Å²) in [6.07, 6.45) is 0.158. The maximum atomic E-state index is 14.4. The van der Waals surface area contributed by atoms with Crippen molar-refractivity contribution in [3.8, 4) is 23.0 Å². The highest BCUT2D eigenvalue weighted by Crippen LogP contribution is 2.44. The number of carbonyl (C=O) groups excluding carboxylic acids is 10. The van der Waals surface area contributed by atoms with Crippen molar-refractivity contribution in [3.63, 3.8) is 0 Å². The minimum atomic E-state index is -1.60. The molecule has 0 bridgehead atoms. The van der Waals surface area contributed by atoms with E-state index in [0.717, 1.165) is 21.8 Å². The van der Waals surface area contributed by atoms with Crippen LogP contribution in [-0.2, 0) is 40.1 Å². The molecule has 0 radical (unpaired) electrons. The smallest absolute Gasteiger partial charge is 0.416 e. The highest BCUT2D eigenvalue weighted by molar-refractivity contribution is 8.76. The van der Waals surface area contributed by atoms with Gasteiger partial charge in [-0.15, -0.1) is 0 Å². The van der Waals surface area contributed by atoms with Crippen molar-refractivity contribution < 1.29 is 86.6 Å². The van der Waals surface area contributed by atoms with E-state index in [1.165, 1.54) is 53.2 Å². The van der Waals surface area contributed by atoms with E-state index in [-0.39, 0.29) is 166 Å². The molecule has 8 rings (SSSR count). The number of amides is 11. The molecule has 0 aromatic heterocycles. The first-order valence-electron chi connectivity index (χ1n) is 34.8. The van der Waals surface area contributed by atoms with E-state index in [2.05, 4.69) is 48.3 Å². The number of urea groups is 1. The minimum absolute atomic E-state index is 0.00456. The van der Waals surface area contributed by atoms with Crippen LogP contribution < -0.4 is 55.7 Å². The SMILES string of the molecule is C=C1C[C@H]2C(O)N(C(=O)OCCSSC(C)C)c3cc(OCCCCCOc4cc5c(cc4OC)C(=O)N4CC(=C)C[C@H]4C(O)N5C(=O)OCc4ccc(NC(=O)[C@H](CCCNC(N)=O)NC(=O)[C@@H](NC(=O)CCCCCN5C(=O)CC(C(C)CC)C5=O)C(C)C)cc4)c(OC)cc3C(=O)N2C1. The third-order valence-corrected chi connectivity index (χ3v) is 21.5. The number of benzene rings is 3. The summed E-state index contributed by atoms with van der Waals surface area (Å²) in [6, 6.07) is 7.66. The second-order valence-corrected chi connectivity index (χ2v) is 29.8. The molecule has 3 aromatic carbocycles. The molecule has 5 heterocycles. The van der Waals surface area contributed by atoms with E-state index >= 15 is 0 Å². The fourth-order valence-electron chi connectivity index (χ4n) is 12.9. The number of methoxy groups -OCH3 is 2. The van der Waals surface area contributed by atoms with Gasteiger partial charge in [-0.25, -0.2) is 24.2 Å². The molecule has 5 aliphatic heterocycles. The minimum Gasteiger partial charge on any atom is -0.493 e. The molecular weight excluding hydrogens is 1360 g/mol. The first-order chi connectivity index (χ1) is 48.7. The lowest BCUT2D eigenvalue weighted by Gasteiger charge is -2.31. The number of aliphatic hydroxyl groups is 2. The van der Waals surface area contributed by atoms with Gasteiger partial charge in [-0.05, 0) is 99.5 Å². The largest absolute Gasteiger partial charge is 0.493 e. The number of nitrogens with two attached hydrogens (primary N) is 1. The predicted octanol–water partition coefficient (Wildman–Crippen LogP) is 8.41. The zero-order valence-electron chi connectivity index (χ0n) is 59.4. The monoisotopic (exact) mass is 1450 g/mol. The molecule has 3 saturated heterocycles. The lowest BCUT2D eigenvalue weighted by molar-refractivity contribution is -0.140. The molecule has 5 aliphatic rings. The molecule has 30 heteroatoms. The highest BCUT2D eigenvalue weighted by Gasteiger charge is 2.49. The number of ether oxygens (including phenoxy) is 6. The van der Waals surface area contributed by atoms with Gasteiger partial charge in [0.2, 0.25) is 29.5 Å². The number of nitrogens with zero attached hydrogens (tertiary/aromatic N) is 5. The normalized spacial score (nSPS) is 19.5. The number of hydrogen-bond donors (Lipinski definition) is 7. The fraction of sp³-hybridized carbons (Fsp3) is 0.556. The van der Waals surface area contributed by atoms with Crippen molar-refractivity contribution in [2.24, 2.45) is 23.5 Å². The molecule has 3 fully saturated rings. The Hall–Kier alpha value is -8.74. The molecule has 11 amide bonds. The second-order valence-electron chi connectivity index (χ2n) is 26.8. The number of aliphatic hydroxyl groups excluding tert-OH is 2. The number of rotatable bonds is 35. The molecule has 0 saturated carbocycles. The van der Waals surface area contributed by atoms with Crippen molar-refractivity contribution in [2.75, 3.05) is 81.1 Å². The maximum absolute atomic E-state index is 14.4. The van der Waals surface area contributed by atoms with Crippen LogP contribution in [0.25, 0.3) is 0 Å². The summed E-state index contributed by atoms with van der Waals surface area (Å²) in [5.41, 5.74) is 7.74. The molecule has 556 valence electrons. The Morgan fingerprint density at radius 2 is 1.24 bits per heavy atom. The van der Waals surface area contributed by atoms with Crippen LogP contribution in [0.5, 0.6) is 23.0 Å². The van der Waals surface area contributed by atoms with Gasteiger partial charge in [-0.2, -0.15) is 0 Å². The van der Waals surface area contributed by atoms with Gasteiger partial charge in [0, 0.05) is 73.8 Å². The third kappa shape index (κ3) is 19.9. The van der Waals surface area contributed by atoms with Crippen molar-refractivity contribution in [1.29, 1.82) is 0 Å². The van der Waals surface area contributed by atoms with Crippen molar-refractivity contribution in [3.05, 3.63) is 89.5 Å². The van der Waals surface area contributed by atoms with Crippen LogP contribution in [0.15, 0.2) is 72.8 Å². The Morgan fingerprint density at radius 1 is 0.676 bits per heavy atom. The summed E-state index contributed by atoms with van der Waals surface area (Å²) in [4.78, 5) is 141. The Labute approximate surface area is 603 Å². The summed E-state index contributed by atoms with van der Waals surface area (Å²) in [7, 11) is 6.06. The number of hydrogen-bond acceptors (Lipinski definition) is 20. The molecule has 102 heavy (non-hydrogen) atoms. The van der Waals surface area contributed by atoms with E-state index in [9.17, 15) is 58.2 Å². The van der Waals surface area contributed by atoms with Crippen LogP contribution in [0, 0.1) is 17.8 Å². The van der Waals surface area contributed by atoms with Crippen molar-refractivity contribution in [1.82, 2.24) is 30.7 Å². The van der Waals surface area contributed by atoms with Crippen molar-refractivity contribution >= 4 is 98.2 Å². The zero-order chi connectivity index (χ0) is 74.1. The number of carbonyl (C=O) groups is 10. The Balaban J connectivity index is 0.871. The molecule has 28 nitrogen and oxygen atoms in total. The lowest BCUT2D eigenvalue weighted by Crippen LogP contribution is -2.54. The van der Waals surface area contributed by atoms with Crippen LogP contribution in [0.4, 0.5) is 31.4 Å². The van der Waals surface area contributed by atoms with E-state index in [1.807, 2.05) is 13.8 Å². The van der Waals surface area contributed by atoms with Gasteiger partial charge in [0.1, 0.15) is 25.3 Å². The van der Waals surface area contributed by atoms with E-state index in [4.69, 9.17) is 34.2 Å². The summed E-state index contributed by atoms with van der Waals surface area (Å²) < 4.78 is 35.4. The molecule has 0 spiro atoms. The number of fused-ring (bicyclic) bond motifs is 4. The van der Waals surface area contributed by atoms with Crippen LogP contribution in [0.2, 0.25) is 0 Å². The van der Waals surface area contributed by atoms with Crippen molar-refractivity contribution in [2.45, 2.75) is 173 Å². The summed E-state index contributed by atoms with van der Waals surface area (Å²) in [5, 5.41) is 35.1. The third-order valence-electron chi connectivity index (χ3n) is 18.6. The van der Waals surface area contributed by atoms with Crippen LogP contribution in [0.3, 0.4) is 0 Å². The number of imide groups is 1. The molecule has 4 unspecified atom stereocenters.